The van der Waals surface area contributed by atoms with Gasteiger partial charge in [-0.1, -0.05) is 0 Å². The zero-order valence-corrected chi connectivity index (χ0v) is 16.1. The maximum Gasteiger partial charge on any atom is 0.222 e. The van der Waals surface area contributed by atoms with Crippen LogP contribution in [0.1, 0.15) is 58.8 Å². The minimum atomic E-state index is 0.328. The second kappa shape index (κ2) is 8.52. The quantitative estimate of drug-likeness (QED) is 0.739. The first kappa shape index (κ1) is 18.7. The van der Waals surface area contributed by atoms with Crippen LogP contribution < -0.4 is 0 Å². The van der Waals surface area contributed by atoms with Gasteiger partial charge in [0.05, 0.1) is 0 Å². The third kappa shape index (κ3) is 4.96. The standard InChI is InChI=1S/C20H35N3O2/c1-16(2)23-15-18(5-6-20(23)25)14-21-11-7-17(8-12-21)9-13-22-10-3-4-19(22)24/h16-18H,3-15H2,1-2H3. The maximum atomic E-state index is 12.0. The molecule has 3 aliphatic heterocycles. The first-order valence-corrected chi connectivity index (χ1v) is 10.3. The molecule has 142 valence electrons. The Hall–Kier alpha value is -1.10. The Morgan fingerprint density at radius 3 is 2.36 bits per heavy atom. The molecule has 3 aliphatic rings. The van der Waals surface area contributed by atoms with Gasteiger partial charge in [0.15, 0.2) is 0 Å². The molecule has 5 heteroatoms. The number of hydrogen-bond donors (Lipinski definition) is 0. The lowest BCUT2D eigenvalue weighted by atomic mass is 9.91. The Morgan fingerprint density at radius 1 is 0.960 bits per heavy atom. The van der Waals surface area contributed by atoms with E-state index in [4.69, 9.17) is 0 Å². The van der Waals surface area contributed by atoms with Crippen LogP contribution in [0.15, 0.2) is 0 Å². The van der Waals surface area contributed by atoms with E-state index in [1.54, 1.807) is 0 Å². The van der Waals surface area contributed by atoms with Crippen molar-refractivity contribution in [2.75, 3.05) is 39.3 Å². The van der Waals surface area contributed by atoms with Gasteiger partial charge in [-0.15, -0.1) is 0 Å². The van der Waals surface area contributed by atoms with E-state index in [-0.39, 0.29) is 0 Å². The van der Waals surface area contributed by atoms with Gasteiger partial charge in [0.25, 0.3) is 0 Å². The highest BCUT2D eigenvalue weighted by atomic mass is 16.2. The molecular formula is C20H35N3O2. The SMILES string of the molecule is CC(C)N1CC(CN2CCC(CCN3CCCC3=O)CC2)CCC1=O. The average molecular weight is 350 g/mol. The summed E-state index contributed by atoms with van der Waals surface area (Å²) < 4.78 is 0. The number of piperidine rings is 2. The van der Waals surface area contributed by atoms with Crippen LogP contribution in [0.3, 0.4) is 0 Å². The van der Waals surface area contributed by atoms with Gasteiger partial charge in [-0.2, -0.15) is 0 Å². The number of amides is 2. The molecule has 0 aromatic rings. The van der Waals surface area contributed by atoms with Gasteiger partial charge < -0.3 is 14.7 Å². The molecule has 0 aliphatic carbocycles. The molecule has 1 atom stereocenters. The van der Waals surface area contributed by atoms with Crippen LogP contribution in [-0.4, -0.2) is 71.8 Å². The summed E-state index contributed by atoms with van der Waals surface area (Å²) in [5.41, 5.74) is 0. The van der Waals surface area contributed by atoms with Crippen LogP contribution in [0.25, 0.3) is 0 Å². The Bertz CT molecular complexity index is 472. The van der Waals surface area contributed by atoms with Crippen LogP contribution in [0, 0.1) is 11.8 Å². The summed E-state index contributed by atoms with van der Waals surface area (Å²) in [4.78, 5) is 30.4. The lowest BCUT2D eigenvalue weighted by Gasteiger charge is -2.39. The molecule has 3 saturated heterocycles. The predicted octanol–water partition coefficient (Wildman–Crippen LogP) is 2.36. The van der Waals surface area contributed by atoms with Gasteiger partial charge in [-0.25, -0.2) is 0 Å². The largest absolute Gasteiger partial charge is 0.343 e. The summed E-state index contributed by atoms with van der Waals surface area (Å²) in [6.45, 7) is 10.6. The predicted molar refractivity (Wildman–Crippen MR) is 99.2 cm³/mol. The fraction of sp³-hybridized carbons (Fsp3) is 0.900. The number of carbonyl (C=O) groups is 2. The van der Waals surface area contributed by atoms with Crippen LogP contribution in [0.5, 0.6) is 0 Å². The average Bonchev–Trinajstić information content (AvgIpc) is 3.01. The number of rotatable bonds is 6. The molecule has 25 heavy (non-hydrogen) atoms. The third-order valence-electron chi connectivity index (χ3n) is 6.37. The molecule has 0 aromatic carbocycles. The van der Waals surface area contributed by atoms with E-state index in [0.29, 0.717) is 23.8 Å². The van der Waals surface area contributed by atoms with Crippen molar-refractivity contribution in [3.8, 4) is 0 Å². The lowest BCUT2D eigenvalue weighted by molar-refractivity contribution is -0.137. The van der Waals surface area contributed by atoms with Gasteiger partial charge in [-0.3, -0.25) is 9.59 Å². The molecule has 0 spiro atoms. The van der Waals surface area contributed by atoms with Crippen molar-refractivity contribution < 1.29 is 9.59 Å². The van der Waals surface area contributed by atoms with Crippen LogP contribution in [0.4, 0.5) is 0 Å². The molecule has 0 saturated carbocycles. The Labute approximate surface area is 152 Å². The van der Waals surface area contributed by atoms with Gasteiger partial charge >= 0.3 is 0 Å². The molecule has 3 fully saturated rings. The highest BCUT2D eigenvalue weighted by molar-refractivity contribution is 5.78. The highest BCUT2D eigenvalue weighted by Crippen LogP contribution is 2.25. The summed E-state index contributed by atoms with van der Waals surface area (Å²) >= 11 is 0. The van der Waals surface area contributed by atoms with Crippen molar-refractivity contribution in [2.24, 2.45) is 11.8 Å². The number of carbonyl (C=O) groups excluding carboxylic acids is 2. The summed E-state index contributed by atoms with van der Waals surface area (Å²) in [6, 6.07) is 0.328. The van der Waals surface area contributed by atoms with Crippen molar-refractivity contribution in [1.82, 2.24) is 14.7 Å². The second-order valence-corrected chi connectivity index (χ2v) is 8.56. The zero-order chi connectivity index (χ0) is 17.8. The zero-order valence-electron chi connectivity index (χ0n) is 16.1. The van der Waals surface area contributed by atoms with Crippen molar-refractivity contribution in [3.63, 3.8) is 0 Å². The lowest BCUT2D eigenvalue weighted by Crippen LogP contribution is -2.48. The molecule has 3 rings (SSSR count). The number of hydrogen-bond acceptors (Lipinski definition) is 3. The van der Waals surface area contributed by atoms with E-state index < -0.39 is 0 Å². The monoisotopic (exact) mass is 349 g/mol. The molecular weight excluding hydrogens is 314 g/mol. The molecule has 0 aromatic heterocycles. The summed E-state index contributed by atoms with van der Waals surface area (Å²) in [6.07, 6.45) is 7.30. The topological polar surface area (TPSA) is 43.9 Å². The molecule has 5 nitrogen and oxygen atoms in total. The minimum Gasteiger partial charge on any atom is -0.343 e. The highest BCUT2D eigenvalue weighted by Gasteiger charge is 2.30. The third-order valence-corrected chi connectivity index (χ3v) is 6.37. The molecule has 0 bridgehead atoms. The second-order valence-electron chi connectivity index (χ2n) is 8.56. The Balaban J connectivity index is 1.36. The van der Waals surface area contributed by atoms with Gasteiger partial charge in [0, 0.05) is 45.1 Å². The van der Waals surface area contributed by atoms with Gasteiger partial charge in [0.1, 0.15) is 0 Å². The normalized spacial score (nSPS) is 26.9. The fourth-order valence-corrected chi connectivity index (χ4v) is 4.69. The molecule has 1 unspecified atom stereocenters. The van der Waals surface area contributed by atoms with Gasteiger partial charge in [0.2, 0.25) is 11.8 Å². The smallest absolute Gasteiger partial charge is 0.222 e. The van der Waals surface area contributed by atoms with Crippen molar-refractivity contribution in [2.45, 2.75) is 64.8 Å². The summed E-state index contributed by atoms with van der Waals surface area (Å²) in [5, 5.41) is 0. The van der Waals surface area contributed by atoms with Crippen molar-refractivity contribution >= 4 is 11.8 Å². The minimum absolute atomic E-state index is 0.328. The molecule has 3 heterocycles. The fourth-order valence-electron chi connectivity index (χ4n) is 4.69. The first-order chi connectivity index (χ1) is 12.0. The van der Waals surface area contributed by atoms with E-state index in [2.05, 4.69) is 28.5 Å². The van der Waals surface area contributed by atoms with Crippen LogP contribution in [-0.2, 0) is 9.59 Å². The first-order valence-electron chi connectivity index (χ1n) is 10.3. The van der Waals surface area contributed by atoms with Crippen LogP contribution >= 0.6 is 0 Å². The van der Waals surface area contributed by atoms with E-state index in [1.807, 2.05) is 0 Å². The summed E-state index contributed by atoms with van der Waals surface area (Å²) in [7, 11) is 0. The molecule has 2 amide bonds. The summed E-state index contributed by atoms with van der Waals surface area (Å²) in [5.74, 6) is 2.11. The molecule has 0 radical (unpaired) electrons. The molecule has 0 N–H and O–H groups in total. The Morgan fingerprint density at radius 2 is 1.72 bits per heavy atom. The number of likely N-dealkylation sites (tertiary alicyclic amines) is 3. The van der Waals surface area contributed by atoms with Crippen molar-refractivity contribution in [3.05, 3.63) is 0 Å². The van der Waals surface area contributed by atoms with E-state index in [1.165, 1.54) is 32.4 Å². The number of nitrogens with zero attached hydrogens (tertiary/aromatic N) is 3. The van der Waals surface area contributed by atoms with E-state index >= 15 is 0 Å². The van der Waals surface area contributed by atoms with E-state index in [9.17, 15) is 9.59 Å². The van der Waals surface area contributed by atoms with Crippen LogP contribution in [0.2, 0.25) is 0 Å². The van der Waals surface area contributed by atoms with E-state index in [0.717, 1.165) is 57.8 Å². The van der Waals surface area contributed by atoms with Crippen molar-refractivity contribution in [1.29, 1.82) is 0 Å². The van der Waals surface area contributed by atoms with Gasteiger partial charge in [-0.05, 0) is 70.9 Å². The maximum absolute atomic E-state index is 12.0. The Kier molecular flexibility index (Phi) is 6.37.